The average Bonchev–Trinajstić information content (AvgIpc) is 3.09. The largest absolute Gasteiger partial charge is 0.481 e. The number of amides is 1. The van der Waals surface area contributed by atoms with Crippen molar-refractivity contribution >= 4 is 11.9 Å². The Kier molecular flexibility index (Phi) is 4.84. The summed E-state index contributed by atoms with van der Waals surface area (Å²) < 4.78 is 5.24. The SMILES string of the molecule is CC(C)(C)c1noc(CCCC(=O)N2C[C@H](C(=O)O)[C@@H](C3CC3)C2)n1. The zero-order chi connectivity index (χ0) is 18.2. The van der Waals surface area contributed by atoms with E-state index in [0.29, 0.717) is 50.0 Å². The van der Waals surface area contributed by atoms with Crippen LogP contribution in [0.3, 0.4) is 0 Å². The molecular weight excluding hydrogens is 322 g/mol. The number of aliphatic carboxylic acids is 1. The summed E-state index contributed by atoms with van der Waals surface area (Å²) in [5.74, 6) is 0.711. The molecule has 0 spiro atoms. The minimum Gasteiger partial charge on any atom is -0.481 e. The quantitative estimate of drug-likeness (QED) is 0.846. The molecule has 1 saturated carbocycles. The van der Waals surface area contributed by atoms with Crippen molar-refractivity contribution in [1.82, 2.24) is 15.0 Å². The number of carbonyl (C=O) groups is 2. The van der Waals surface area contributed by atoms with Crippen LogP contribution in [0.5, 0.6) is 0 Å². The van der Waals surface area contributed by atoms with Crippen LogP contribution in [0, 0.1) is 17.8 Å². The molecule has 1 aliphatic carbocycles. The van der Waals surface area contributed by atoms with E-state index < -0.39 is 11.9 Å². The third kappa shape index (κ3) is 4.19. The number of carboxylic acids is 1. The average molecular weight is 349 g/mol. The van der Waals surface area contributed by atoms with E-state index in [4.69, 9.17) is 4.52 Å². The van der Waals surface area contributed by atoms with E-state index in [1.807, 2.05) is 20.8 Å². The van der Waals surface area contributed by atoms with Crippen LogP contribution in [-0.4, -0.2) is 45.1 Å². The van der Waals surface area contributed by atoms with E-state index >= 15 is 0 Å². The molecule has 0 unspecified atom stereocenters. The van der Waals surface area contributed by atoms with Gasteiger partial charge >= 0.3 is 5.97 Å². The summed E-state index contributed by atoms with van der Waals surface area (Å²) in [4.78, 5) is 30.0. The molecule has 1 amide bonds. The second-order valence-corrected chi connectivity index (χ2v) is 8.36. The molecule has 1 aliphatic heterocycles. The van der Waals surface area contributed by atoms with Crippen molar-refractivity contribution in [2.45, 2.75) is 58.3 Å². The fourth-order valence-corrected chi connectivity index (χ4v) is 3.51. The summed E-state index contributed by atoms with van der Waals surface area (Å²) in [7, 11) is 0. The second-order valence-electron chi connectivity index (χ2n) is 8.36. The third-order valence-electron chi connectivity index (χ3n) is 5.18. The molecule has 2 fully saturated rings. The van der Waals surface area contributed by atoms with E-state index in [9.17, 15) is 14.7 Å². The molecule has 1 aromatic rings. The molecule has 2 atom stereocenters. The van der Waals surface area contributed by atoms with Gasteiger partial charge in [-0.1, -0.05) is 25.9 Å². The Hall–Kier alpha value is -1.92. The first-order valence-electron chi connectivity index (χ1n) is 9.09. The number of hydrogen-bond donors (Lipinski definition) is 1. The molecule has 0 radical (unpaired) electrons. The Bertz CT molecular complexity index is 645. The number of rotatable bonds is 6. The van der Waals surface area contributed by atoms with Crippen molar-refractivity contribution in [3.8, 4) is 0 Å². The molecule has 0 bridgehead atoms. The first-order valence-corrected chi connectivity index (χ1v) is 9.09. The number of likely N-dealkylation sites (tertiary alicyclic amines) is 1. The third-order valence-corrected chi connectivity index (χ3v) is 5.18. The summed E-state index contributed by atoms with van der Waals surface area (Å²) >= 11 is 0. The fourth-order valence-electron chi connectivity index (χ4n) is 3.51. The number of carboxylic acid groups (broad SMARTS) is 1. The van der Waals surface area contributed by atoms with Gasteiger partial charge in [-0.15, -0.1) is 0 Å². The van der Waals surface area contributed by atoms with Crippen molar-refractivity contribution in [1.29, 1.82) is 0 Å². The van der Waals surface area contributed by atoms with Crippen molar-refractivity contribution in [2.75, 3.05) is 13.1 Å². The molecule has 2 aliphatic rings. The topological polar surface area (TPSA) is 96.5 Å². The van der Waals surface area contributed by atoms with E-state index in [1.54, 1.807) is 4.90 Å². The number of hydrogen-bond acceptors (Lipinski definition) is 5. The highest BCUT2D eigenvalue weighted by Crippen LogP contribution is 2.44. The monoisotopic (exact) mass is 349 g/mol. The number of carbonyl (C=O) groups excluding carboxylic acids is 1. The van der Waals surface area contributed by atoms with Gasteiger partial charge in [0, 0.05) is 31.3 Å². The first-order chi connectivity index (χ1) is 11.8. The lowest BCUT2D eigenvalue weighted by atomic mass is 9.92. The Morgan fingerprint density at radius 1 is 1.28 bits per heavy atom. The maximum Gasteiger partial charge on any atom is 0.308 e. The molecule has 1 saturated heterocycles. The molecule has 3 rings (SSSR count). The fraction of sp³-hybridized carbons (Fsp3) is 0.778. The van der Waals surface area contributed by atoms with Gasteiger partial charge in [0.25, 0.3) is 0 Å². The van der Waals surface area contributed by atoms with Gasteiger partial charge in [-0.2, -0.15) is 4.98 Å². The van der Waals surface area contributed by atoms with Gasteiger partial charge in [0.1, 0.15) is 0 Å². The maximum absolute atomic E-state index is 12.4. The Labute approximate surface area is 147 Å². The van der Waals surface area contributed by atoms with Crippen LogP contribution >= 0.6 is 0 Å². The summed E-state index contributed by atoms with van der Waals surface area (Å²) in [6.07, 6.45) is 3.79. The number of aryl methyl sites for hydroxylation is 1. The first kappa shape index (κ1) is 17.9. The van der Waals surface area contributed by atoms with Crippen molar-refractivity contribution in [3.63, 3.8) is 0 Å². The highest BCUT2D eigenvalue weighted by molar-refractivity contribution is 5.79. The highest BCUT2D eigenvalue weighted by atomic mass is 16.5. The summed E-state index contributed by atoms with van der Waals surface area (Å²) in [5.41, 5.74) is -0.156. The number of nitrogens with zero attached hydrogens (tertiary/aromatic N) is 3. The summed E-state index contributed by atoms with van der Waals surface area (Å²) in [6.45, 7) is 7.01. The van der Waals surface area contributed by atoms with Gasteiger partial charge in [0.2, 0.25) is 11.8 Å². The predicted octanol–water partition coefficient (Wildman–Crippen LogP) is 2.26. The summed E-state index contributed by atoms with van der Waals surface area (Å²) in [5, 5.41) is 13.4. The van der Waals surface area contributed by atoms with Crippen LogP contribution in [0.15, 0.2) is 4.52 Å². The number of aromatic nitrogens is 2. The molecule has 138 valence electrons. The van der Waals surface area contributed by atoms with E-state index in [-0.39, 0.29) is 17.2 Å². The molecule has 7 nitrogen and oxygen atoms in total. The van der Waals surface area contributed by atoms with Crippen molar-refractivity contribution in [3.05, 3.63) is 11.7 Å². The molecule has 0 aromatic carbocycles. The zero-order valence-electron chi connectivity index (χ0n) is 15.2. The van der Waals surface area contributed by atoms with Gasteiger partial charge in [0.05, 0.1) is 5.92 Å². The lowest BCUT2D eigenvalue weighted by Gasteiger charge is -2.15. The normalized spacial score (nSPS) is 23.9. The lowest BCUT2D eigenvalue weighted by molar-refractivity contribution is -0.142. The molecule has 7 heteroatoms. The van der Waals surface area contributed by atoms with Gasteiger partial charge < -0.3 is 14.5 Å². The van der Waals surface area contributed by atoms with Crippen LogP contribution in [0.2, 0.25) is 0 Å². The lowest BCUT2D eigenvalue weighted by Crippen LogP contribution is -2.29. The minimum atomic E-state index is -0.771. The molecule has 25 heavy (non-hydrogen) atoms. The Morgan fingerprint density at radius 3 is 2.56 bits per heavy atom. The molecular formula is C18H27N3O4. The minimum absolute atomic E-state index is 0.0324. The molecule has 2 heterocycles. The predicted molar refractivity (Wildman–Crippen MR) is 89.9 cm³/mol. The Balaban J connectivity index is 1.48. The van der Waals surface area contributed by atoms with E-state index in [0.717, 1.165) is 12.8 Å². The summed E-state index contributed by atoms with van der Waals surface area (Å²) in [6, 6.07) is 0. The van der Waals surface area contributed by atoms with E-state index in [2.05, 4.69) is 10.1 Å². The van der Waals surface area contributed by atoms with Gasteiger partial charge in [-0.3, -0.25) is 9.59 Å². The maximum atomic E-state index is 12.4. The van der Waals surface area contributed by atoms with Gasteiger partial charge in [0.15, 0.2) is 5.82 Å². The molecule has 1 N–H and O–H groups in total. The Morgan fingerprint density at radius 2 is 2.00 bits per heavy atom. The van der Waals surface area contributed by atoms with Crippen molar-refractivity contribution < 1.29 is 19.2 Å². The van der Waals surface area contributed by atoms with Gasteiger partial charge in [-0.05, 0) is 31.1 Å². The standard InChI is InChI=1S/C18H27N3O4/c1-18(2,3)17-19-14(25-20-17)5-4-6-15(22)21-9-12(11-7-8-11)13(10-21)16(23)24/h11-13H,4-10H2,1-3H3,(H,23,24)/t12-,13+/m1/s1. The second kappa shape index (κ2) is 6.77. The van der Waals surface area contributed by atoms with Crippen LogP contribution in [0.25, 0.3) is 0 Å². The van der Waals surface area contributed by atoms with Crippen LogP contribution in [-0.2, 0) is 21.4 Å². The van der Waals surface area contributed by atoms with E-state index in [1.165, 1.54) is 0 Å². The zero-order valence-corrected chi connectivity index (χ0v) is 15.2. The van der Waals surface area contributed by atoms with Crippen molar-refractivity contribution in [2.24, 2.45) is 17.8 Å². The van der Waals surface area contributed by atoms with Crippen LogP contribution < -0.4 is 0 Å². The van der Waals surface area contributed by atoms with Crippen LogP contribution in [0.1, 0.15) is 58.2 Å². The highest BCUT2D eigenvalue weighted by Gasteiger charge is 2.46. The smallest absolute Gasteiger partial charge is 0.308 e. The van der Waals surface area contributed by atoms with Crippen LogP contribution in [0.4, 0.5) is 0 Å². The molecule has 1 aromatic heterocycles. The van der Waals surface area contributed by atoms with Gasteiger partial charge in [-0.25, -0.2) is 0 Å².